The van der Waals surface area contributed by atoms with Gasteiger partial charge in [-0.05, 0) is 170 Å². The minimum absolute atomic E-state index is 0.0556. The Bertz CT molecular complexity index is 5070. The summed E-state index contributed by atoms with van der Waals surface area (Å²) in [5.41, 5.74) is 13.7. The molecule has 0 fully saturated rings. The Labute approximate surface area is 683 Å². The molecule has 5 aliphatic rings. The molecule has 9 heterocycles. The number of carbonyl (C=O) groups is 3. The summed E-state index contributed by atoms with van der Waals surface area (Å²) in [4.78, 5) is 40.8. The molecule has 8 N–H and O–H groups in total. The van der Waals surface area contributed by atoms with E-state index >= 15 is 0 Å². The van der Waals surface area contributed by atoms with Gasteiger partial charge in [0.25, 0.3) is 0 Å². The molecule has 3 amide bonds. The predicted molar refractivity (Wildman–Crippen MR) is 429 cm³/mol. The van der Waals surface area contributed by atoms with E-state index in [4.69, 9.17) is 69.7 Å². The zero-order valence-corrected chi connectivity index (χ0v) is 68.1. The lowest BCUT2D eigenvalue weighted by molar-refractivity contribution is -0.117. The number of rotatable bonds is 5. The molecule has 0 unspecified atom stereocenters. The number of halogens is 16. The van der Waals surface area contributed by atoms with E-state index in [1.54, 1.807) is 46.4 Å². The van der Waals surface area contributed by atoms with Gasteiger partial charge in [-0.1, -0.05) is 96.4 Å². The van der Waals surface area contributed by atoms with Crippen molar-refractivity contribution in [3.8, 4) is 22.5 Å². The molecule has 0 saturated heterocycles. The number of anilines is 5. The summed E-state index contributed by atoms with van der Waals surface area (Å²) in [6.45, 7) is 3.64. The van der Waals surface area contributed by atoms with E-state index in [9.17, 15) is 53.9 Å². The second kappa shape index (κ2) is 42.5. The minimum Gasteiger partial charge on any atom is -0.423 e. The number of fused-ring (bicyclic) bond motifs is 9. The third-order valence-electron chi connectivity index (χ3n) is 16.2. The Morgan fingerprint density at radius 1 is 0.523 bits per heavy atom. The molecule has 0 spiro atoms. The van der Waals surface area contributed by atoms with Gasteiger partial charge in [0.2, 0.25) is 17.7 Å². The molecule has 37 heteroatoms. The maximum absolute atomic E-state index is 14.7. The molecule has 0 bridgehead atoms. The molecule has 0 aliphatic carbocycles. The number of hydrogen-bond acceptors (Lipinski definition) is 13. The molecule has 7 aromatic carbocycles. The highest BCUT2D eigenvalue weighted by atomic mass is 79.9. The smallest absolute Gasteiger partial charge is 0.423 e. The topological polar surface area (TPSA) is 253 Å². The summed E-state index contributed by atoms with van der Waals surface area (Å²) >= 11 is 18.4. The molecule has 16 rings (SSSR count). The number of thiocarbonyl (C=S) groups is 1. The van der Waals surface area contributed by atoms with Crippen LogP contribution in [0, 0.1) is 66.2 Å². The van der Waals surface area contributed by atoms with Crippen molar-refractivity contribution in [2.75, 3.05) is 32.9 Å². The van der Waals surface area contributed by atoms with Crippen LogP contribution in [-0.4, -0.2) is 96.6 Å². The monoisotopic (exact) mass is 1830 g/mol. The van der Waals surface area contributed by atoms with Crippen LogP contribution >= 0.6 is 102 Å². The van der Waals surface area contributed by atoms with Crippen molar-refractivity contribution in [3.63, 3.8) is 0 Å². The molecule has 578 valence electrons. The van der Waals surface area contributed by atoms with Crippen LogP contribution in [0.1, 0.15) is 76.8 Å². The van der Waals surface area contributed by atoms with E-state index in [1.807, 2.05) is 37.3 Å². The third kappa shape index (κ3) is 25.9. The number of pyridine rings is 2. The third-order valence-corrected chi connectivity index (χ3v) is 18.1. The first-order valence-corrected chi connectivity index (χ1v) is 41.8. The number of para-hydroxylation sites is 3. The summed E-state index contributed by atoms with van der Waals surface area (Å²) in [6.07, 6.45) is 11.8. The second-order valence-electron chi connectivity index (χ2n) is 24.1. The Kier molecular flexibility index (Phi) is 33.8. The number of nitrogens with one attached hydrogen (secondary N) is 4. The Morgan fingerprint density at radius 3 is 1.50 bits per heavy atom. The van der Waals surface area contributed by atoms with Crippen molar-refractivity contribution >= 4 is 177 Å². The quantitative estimate of drug-likeness (QED) is 0.0278. The van der Waals surface area contributed by atoms with Crippen molar-refractivity contribution < 1.29 is 63.9 Å². The molecule has 111 heavy (non-hydrogen) atoms. The van der Waals surface area contributed by atoms with Gasteiger partial charge >= 0.3 is 18.5 Å². The van der Waals surface area contributed by atoms with Crippen LogP contribution in [0.15, 0.2) is 166 Å². The molecule has 5 aliphatic heterocycles. The number of aryl methyl sites for hydroxylation is 9. The fourth-order valence-electron chi connectivity index (χ4n) is 11.2. The highest BCUT2D eigenvalue weighted by Gasteiger charge is 2.27. The van der Waals surface area contributed by atoms with E-state index in [0.29, 0.717) is 93.4 Å². The highest BCUT2D eigenvalue weighted by molar-refractivity contribution is 9.11. The van der Waals surface area contributed by atoms with E-state index in [1.165, 1.54) is 73.1 Å². The van der Waals surface area contributed by atoms with E-state index in [2.05, 4.69) is 99.4 Å². The molecule has 0 atom stereocenters. The van der Waals surface area contributed by atoms with Crippen molar-refractivity contribution in [1.82, 2.24) is 39.5 Å². The van der Waals surface area contributed by atoms with Crippen molar-refractivity contribution in [1.29, 1.82) is 0 Å². The van der Waals surface area contributed by atoms with Gasteiger partial charge in [0, 0.05) is 81.2 Å². The number of aromatic nitrogens is 8. The van der Waals surface area contributed by atoms with Crippen LogP contribution < -0.4 is 32.5 Å². The van der Waals surface area contributed by atoms with Crippen molar-refractivity contribution in [2.45, 2.75) is 84.5 Å². The van der Waals surface area contributed by atoms with Crippen LogP contribution in [-0.2, 0) is 59.3 Å². The van der Waals surface area contributed by atoms with E-state index in [-0.39, 0.29) is 81.8 Å². The first-order chi connectivity index (χ1) is 52.9. The maximum atomic E-state index is 14.7. The highest BCUT2D eigenvalue weighted by Crippen LogP contribution is 2.35. The van der Waals surface area contributed by atoms with E-state index in [0.717, 1.165) is 98.4 Å². The number of amides is 3. The number of carbonyl (C=O) groups excluding carboxylic acids is 3. The molecular formula is C74H63AlBBr3Cl4F9N13O5S. The van der Waals surface area contributed by atoms with E-state index < -0.39 is 36.0 Å². The maximum Gasteiger partial charge on any atom is 0.643 e. The first kappa shape index (κ1) is 88.3. The number of nitrogens with zero attached hydrogens (tertiary/aromatic N) is 8. The number of nitrogens with two attached hydrogens (primary N) is 1. The second-order valence-corrected chi connectivity index (χ2v) is 34.1. The van der Waals surface area contributed by atoms with Gasteiger partial charge in [0.15, 0.2) is 0 Å². The summed E-state index contributed by atoms with van der Waals surface area (Å²) in [5, 5.41) is 43.5. The molecule has 0 radical (unpaired) electrons. The van der Waals surface area contributed by atoms with Gasteiger partial charge in [-0.15, -0.1) is 32.0 Å². The predicted octanol–water partition coefficient (Wildman–Crippen LogP) is 17.4. The molecule has 11 aromatic rings. The standard InChI is InChI=1S/C16H12F2N4.C11H9BrFN3.C9H7BrFNO.C9H7BrFNS.C9H9ClFNO.C9H8FNO.C6H6FN.C5H5BFNO2.Al.3ClH/c1-9-20-21-15-3-2-10-4-11(6-14(18)16(10)22(9)15)12-5-13(17)8-19-7-12;1-6-14-15-10-3-2-7-4-8(12)5-9(13)11(7)16(6)10;2*10-6-3-5-1-2-8(13)12-9(5)7(11)4-6;10-6-5-9(13)12-8-4-2-1-3-7(8)11;10-7-3-1-2-6-4-5-8(12)11-9(6)7;7-5-3-1-2-4-6(5)8;7-5-1-4(6(9)10)2-8-3-5;;;;/h4-8H,2-3H2,1H3;4-5H,2-3H2,1H3;2*3-4H,1-2H2,(H,12,13);1-4H,5-6H2,(H,12,13);1-3H,4-5H2,(H,11,12);1-4H,8H2;1-3,9-10H;;3*1H/q;;;;;;;;+3;;;/p-3. The zero-order valence-electron chi connectivity index (χ0n) is 58.3. The number of benzene rings is 7. The van der Waals surface area contributed by atoms with Crippen LogP contribution in [0.3, 0.4) is 0 Å². The van der Waals surface area contributed by atoms with Gasteiger partial charge in [-0.3, -0.25) is 33.5 Å². The van der Waals surface area contributed by atoms with Gasteiger partial charge in [0.1, 0.15) is 75.7 Å². The van der Waals surface area contributed by atoms with Gasteiger partial charge in [0.05, 0.1) is 57.2 Å². The average molecular weight is 1840 g/mol. The largest absolute Gasteiger partial charge is 0.643 e. The fourth-order valence-corrected chi connectivity index (χ4v) is 13.0. The lowest BCUT2D eigenvalue weighted by atomic mass is 9.82. The van der Waals surface area contributed by atoms with Crippen LogP contribution in [0.2, 0.25) is 0 Å². The lowest BCUT2D eigenvalue weighted by Gasteiger charge is -2.20. The number of hydrogen-bond donors (Lipinski definition) is 7. The summed E-state index contributed by atoms with van der Waals surface area (Å²) in [6, 6.07) is 32.6. The van der Waals surface area contributed by atoms with Gasteiger partial charge < -0.3 is 37.0 Å². The van der Waals surface area contributed by atoms with Crippen LogP contribution in [0.4, 0.5) is 68.0 Å². The zero-order chi connectivity index (χ0) is 80.8. The lowest BCUT2D eigenvalue weighted by Crippen LogP contribution is -2.30. The van der Waals surface area contributed by atoms with Gasteiger partial charge in [-0.25, -0.2) is 69.7 Å². The summed E-state index contributed by atoms with van der Waals surface area (Å²) < 4.78 is 125. The Balaban J connectivity index is 0.000000161. The summed E-state index contributed by atoms with van der Waals surface area (Å²) in [5.74, 6) is -0.626. The number of alkyl halides is 1. The minimum atomic E-state index is -1.72. The van der Waals surface area contributed by atoms with Crippen LogP contribution in [0.5, 0.6) is 0 Å². The normalized spacial score (nSPS) is 12.6. The van der Waals surface area contributed by atoms with Crippen LogP contribution in [0.25, 0.3) is 22.5 Å². The molecule has 4 aromatic heterocycles. The Hall–Kier alpha value is -8.29. The summed E-state index contributed by atoms with van der Waals surface area (Å²) in [7, 11) is 13.2. The fraction of sp³-hybridized carbons (Fsp3) is 0.189. The molecule has 0 saturated carbocycles. The average Bonchev–Trinajstić information content (AvgIpc) is 1.70. The van der Waals surface area contributed by atoms with Crippen molar-refractivity contribution in [3.05, 3.63) is 269 Å². The van der Waals surface area contributed by atoms with Gasteiger partial charge in [-0.2, -0.15) is 0 Å². The Morgan fingerprint density at radius 2 is 0.982 bits per heavy atom. The van der Waals surface area contributed by atoms with Crippen molar-refractivity contribution in [2.24, 2.45) is 0 Å². The molecule has 18 nitrogen and oxygen atoms in total. The molecular weight excluding hydrogens is 1770 g/mol. The first-order valence-electron chi connectivity index (χ1n) is 33.2. The SMILES string of the molecule is Cc1nnc2n1-c1c(F)cc(-c3cncc(F)c3)cc1CC2.Cc1nnc2n1-c1c(F)cc(Br)cc1CC2.Fc1cc(Br)cc2c1NC(=S)CC2.Nc1ccccc1F.O=C(CCCl)Nc1ccccc1F.O=C1CCc2cc(Br)cc(F)c2N1.O=C1CCc2cccc(F)c2N1.OB(O)c1cncc(F)c1.[Cl][Al]([Cl])[Cl]. The number of nitrogen functional groups attached to an aromatic ring is 1.